The van der Waals surface area contributed by atoms with Crippen molar-refractivity contribution in [3.8, 4) is 17.4 Å². The summed E-state index contributed by atoms with van der Waals surface area (Å²) >= 11 is 0. The van der Waals surface area contributed by atoms with E-state index in [1.165, 1.54) is 0 Å². The van der Waals surface area contributed by atoms with E-state index in [0.717, 1.165) is 17.7 Å². The Bertz CT molecular complexity index is 738. The Kier molecular flexibility index (Phi) is 3.90. The first-order valence-corrected chi connectivity index (χ1v) is 7.88. The lowest BCUT2D eigenvalue weighted by molar-refractivity contribution is -0.129. The van der Waals surface area contributed by atoms with Crippen molar-refractivity contribution in [3.63, 3.8) is 0 Å². The van der Waals surface area contributed by atoms with Crippen molar-refractivity contribution in [3.05, 3.63) is 42.1 Å². The van der Waals surface area contributed by atoms with E-state index in [0.29, 0.717) is 31.1 Å². The number of ether oxygens (including phenoxy) is 3. The van der Waals surface area contributed by atoms with Gasteiger partial charge in [-0.1, -0.05) is 6.07 Å². The molecule has 1 aromatic heterocycles. The number of benzene rings is 1. The van der Waals surface area contributed by atoms with Gasteiger partial charge in [-0.15, -0.1) is 5.10 Å². The van der Waals surface area contributed by atoms with Crippen molar-refractivity contribution in [1.29, 1.82) is 0 Å². The highest BCUT2D eigenvalue weighted by molar-refractivity contribution is 5.79. The van der Waals surface area contributed by atoms with Gasteiger partial charge < -0.3 is 19.1 Å². The SMILES string of the molecule is O=C(Cc1ccc2c(c1)OCO2)N1CCC(Oc2cccnn2)C1. The Morgan fingerprint density at radius 2 is 2.21 bits per heavy atom. The third-order valence-electron chi connectivity index (χ3n) is 4.13. The van der Waals surface area contributed by atoms with Crippen molar-refractivity contribution < 1.29 is 19.0 Å². The summed E-state index contributed by atoms with van der Waals surface area (Å²) in [5.41, 5.74) is 0.919. The molecule has 124 valence electrons. The Hall–Kier alpha value is -2.83. The van der Waals surface area contributed by atoms with Gasteiger partial charge in [-0.3, -0.25) is 4.79 Å². The molecule has 0 aliphatic carbocycles. The molecule has 1 saturated heterocycles. The summed E-state index contributed by atoms with van der Waals surface area (Å²) in [5.74, 6) is 2.00. The predicted octanol–water partition coefficient (Wildman–Crippen LogP) is 1.43. The first kappa shape index (κ1) is 14.7. The lowest BCUT2D eigenvalue weighted by atomic mass is 10.1. The van der Waals surface area contributed by atoms with Gasteiger partial charge in [0.15, 0.2) is 11.5 Å². The number of rotatable bonds is 4. The molecule has 3 heterocycles. The second kappa shape index (κ2) is 6.35. The topological polar surface area (TPSA) is 73.8 Å². The third kappa shape index (κ3) is 3.10. The molecule has 0 radical (unpaired) electrons. The van der Waals surface area contributed by atoms with Crippen LogP contribution >= 0.6 is 0 Å². The Balaban J connectivity index is 1.34. The number of carbonyl (C=O) groups excluding carboxylic acids is 1. The van der Waals surface area contributed by atoms with Gasteiger partial charge in [0, 0.05) is 25.2 Å². The summed E-state index contributed by atoms with van der Waals surface area (Å²) in [7, 11) is 0. The van der Waals surface area contributed by atoms with Crippen LogP contribution < -0.4 is 14.2 Å². The third-order valence-corrected chi connectivity index (χ3v) is 4.13. The average Bonchev–Trinajstić information content (AvgIpc) is 3.24. The predicted molar refractivity (Wildman–Crippen MR) is 83.9 cm³/mol. The number of carbonyl (C=O) groups is 1. The fourth-order valence-electron chi connectivity index (χ4n) is 2.91. The molecule has 2 aromatic rings. The molecule has 2 aliphatic heterocycles. The lowest BCUT2D eigenvalue weighted by Crippen LogP contribution is -2.32. The van der Waals surface area contributed by atoms with Gasteiger partial charge in [0.2, 0.25) is 18.6 Å². The number of likely N-dealkylation sites (tertiary alicyclic amines) is 1. The zero-order valence-corrected chi connectivity index (χ0v) is 13.1. The number of aromatic nitrogens is 2. The van der Waals surface area contributed by atoms with E-state index in [9.17, 15) is 4.79 Å². The van der Waals surface area contributed by atoms with Crippen LogP contribution in [0.4, 0.5) is 0 Å². The average molecular weight is 327 g/mol. The van der Waals surface area contributed by atoms with Crippen LogP contribution in [0.25, 0.3) is 0 Å². The molecule has 1 fully saturated rings. The molecule has 0 saturated carbocycles. The van der Waals surface area contributed by atoms with Gasteiger partial charge >= 0.3 is 0 Å². The van der Waals surface area contributed by atoms with Gasteiger partial charge in [0.25, 0.3) is 0 Å². The zero-order valence-electron chi connectivity index (χ0n) is 13.1. The minimum atomic E-state index is -0.0394. The van der Waals surface area contributed by atoms with Gasteiger partial charge in [-0.25, -0.2) is 0 Å². The Morgan fingerprint density at radius 3 is 3.08 bits per heavy atom. The van der Waals surface area contributed by atoms with Crippen molar-refractivity contribution >= 4 is 5.91 Å². The molecule has 4 rings (SSSR count). The van der Waals surface area contributed by atoms with E-state index in [1.807, 2.05) is 23.1 Å². The number of fused-ring (bicyclic) bond motifs is 1. The molecule has 0 N–H and O–H groups in total. The highest BCUT2D eigenvalue weighted by atomic mass is 16.7. The Morgan fingerprint density at radius 1 is 1.29 bits per heavy atom. The number of hydrogen-bond donors (Lipinski definition) is 0. The molecule has 7 nitrogen and oxygen atoms in total. The summed E-state index contributed by atoms with van der Waals surface area (Å²) < 4.78 is 16.4. The normalized spacial score (nSPS) is 18.7. The Labute approximate surface area is 139 Å². The van der Waals surface area contributed by atoms with E-state index >= 15 is 0 Å². The number of nitrogens with zero attached hydrogens (tertiary/aromatic N) is 3. The monoisotopic (exact) mass is 327 g/mol. The smallest absolute Gasteiger partial charge is 0.233 e. The minimum Gasteiger partial charge on any atom is -0.471 e. The molecular formula is C17H17N3O4. The van der Waals surface area contributed by atoms with Crippen molar-refractivity contribution in [2.75, 3.05) is 19.9 Å². The first-order chi connectivity index (χ1) is 11.8. The molecule has 0 bridgehead atoms. The van der Waals surface area contributed by atoms with Crippen LogP contribution in [0, 0.1) is 0 Å². The van der Waals surface area contributed by atoms with Crippen LogP contribution in [0.15, 0.2) is 36.5 Å². The number of hydrogen-bond acceptors (Lipinski definition) is 6. The standard InChI is InChI=1S/C17H17N3O4/c21-17(9-12-3-4-14-15(8-12)23-11-22-14)20-7-5-13(10-20)24-16-2-1-6-18-19-16/h1-4,6,8,13H,5,7,9-11H2. The molecule has 7 heteroatoms. The van der Waals surface area contributed by atoms with Crippen LogP contribution in [0.3, 0.4) is 0 Å². The quantitative estimate of drug-likeness (QED) is 0.846. The van der Waals surface area contributed by atoms with Crippen LogP contribution in [0.5, 0.6) is 17.4 Å². The van der Waals surface area contributed by atoms with Crippen molar-refractivity contribution in [1.82, 2.24) is 15.1 Å². The van der Waals surface area contributed by atoms with E-state index in [1.54, 1.807) is 18.3 Å². The van der Waals surface area contributed by atoms with Gasteiger partial charge in [-0.05, 0) is 23.8 Å². The fraction of sp³-hybridized carbons (Fsp3) is 0.353. The summed E-state index contributed by atoms with van der Waals surface area (Å²) in [6, 6.07) is 9.15. The maximum atomic E-state index is 12.5. The molecule has 2 aliphatic rings. The second-order valence-electron chi connectivity index (χ2n) is 5.79. The van der Waals surface area contributed by atoms with E-state index in [-0.39, 0.29) is 18.8 Å². The summed E-state index contributed by atoms with van der Waals surface area (Å²) in [6.45, 7) is 1.49. The maximum Gasteiger partial charge on any atom is 0.233 e. The summed E-state index contributed by atoms with van der Waals surface area (Å²) in [4.78, 5) is 14.3. The molecule has 1 unspecified atom stereocenters. The van der Waals surface area contributed by atoms with Gasteiger partial charge in [0.05, 0.1) is 13.0 Å². The van der Waals surface area contributed by atoms with Crippen LogP contribution in [0.2, 0.25) is 0 Å². The second-order valence-corrected chi connectivity index (χ2v) is 5.79. The van der Waals surface area contributed by atoms with Crippen LogP contribution in [-0.4, -0.2) is 47.0 Å². The van der Waals surface area contributed by atoms with E-state index in [2.05, 4.69) is 10.2 Å². The molecule has 24 heavy (non-hydrogen) atoms. The highest BCUT2D eigenvalue weighted by Gasteiger charge is 2.28. The van der Waals surface area contributed by atoms with Crippen molar-refractivity contribution in [2.24, 2.45) is 0 Å². The lowest BCUT2D eigenvalue weighted by Gasteiger charge is -2.17. The molecule has 0 spiro atoms. The first-order valence-electron chi connectivity index (χ1n) is 7.88. The highest BCUT2D eigenvalue weighted by Crippen LogP contribution is 2.32. The van der Waals surface area contributed by atoms with Crippen LogP contribution in [-0.2, 0) is 11.2 Å². The fourth-order valence-corrected chi connectivity index (χ4v) is 2.91. The molecule has 1 amide bonds. The number of amides is 1. The van der Waals surface area contributed by atoms with E-state index < -0.39 is 0 Å². The molecular weight excluding hydrogens is 310 g/mol. The van der Waals surface area contributed by atoms with Crippen molar-refractivity contribution in [2.45, 2.75) is 18.9 Å². The summed E-state index contributed by atoms with van der Waals surface area (Å²) in [6.07, 6.45) is 2.70. The minimum absolute atomic E-state index is 0.0394. The maximum absolute atomic E-state index is 12.5. The molecule has 1 atom stereocenters. The summed E-state index contributed by atoms with van der Waals surface area (Å²) in [5, 5.41) is 7.70. The zero-order chi connectivity index (χ0) is 16.4. The van der Waals surface area contributed by atoms with E-state index in [4.69, 9.17) is 14.2 Å². The van der Waals surface area contributed by atoms with Crippen LogP contribution in [0.1, 0.15) is 12.0 Å². The van der Waals surface area contributed by atoms with Gasteiger partial charge in [0.1, 0.15) is 6.10 Å². The largest absolute Gasteiger partial charge is 0.471 e. The van der Waals surface area contributed by atoms with Gasteiger partial charge in [-0.2, -0.15) is 5.10 Å². The molecule has 1 aromatic carbocycles.